The summed E-state index contributed by atoms with van der Waals surface area (Å²) in [6.45, 7) is 10.9. The zero-order chi connectivity index (χ0) is 14.1. The fraction of sp³-hybridized carbons (Fsp3) is 0.714. The Labute approximate surface area is 121 Å². The molecule has 18 heavy (non-hydrogen) atoms. The Morgan fingerprint density at radius 1 is 0.944 bits per heavy atom. The van der Waals surface area contributed by atoms with E-state index >= 15 is 0 Å². The van der Waals surface area contributed by atoms with Gasteiger partial charge in [0.05, 0.1) is 20.4 Å². The van der Waals surface area contributed by atoms with Crippen LogP contribution in [0.1, 0.15) is 34.1 Å². The van der Waals surface area contributed by atoms with Crippen LogP contribution in [0.15, 0.2) is 0 Å². The highest BCUT2D eigenvalue weighted by Gasteiger charge is 2.21. The molecule has 0 spiro atoms. The van der Waals surface area contributed by atoms with E-state index in [0.29, 0.717) is 5.41 Å². The molecule has 0 unspecified atom stereocenters. The molecule has 0 amide bonds. The van der Waals surface area contributed by atoms with Crippen molar-refractivity contribution in [2.24, 2.45) is 5.41 Å². The summed E-state index contributed by atoms with van der Waals surface area (Å²) in [6.07, 6.45) is 1.14. The Hall–Kier alpha value is -0.480. The van der Waals surface area contributed by atoms with E-state index in [1.165, 1.54) is 0 Å². The SMILES string of the molecule is CCN(C)c1c(N(C)CCC(C)(C)C)c(=S)c1=S. The third-order valence-electron chi connectivity index (χ3n) is 3.30. The molecule has 102 valence electrons. The van der Waals surface area contributed by atoms with Crippen molar-refractivity contribution < 1.29 is 0 Å². The van der Waals surface area contributed by atoms with E-state index in [9.17, 15) is 0 Å². The predicted molar refractivity (Wildman–Crippen MR) is 86.8 cm³/mol. The fourth-order valence-corrected chi connectivity index (χ4v) is 2.55. The first-order valence-corrected chi connectivity index (χ1v) is 7.26. The van der Waals surface area contributed by atoms with Gasteiger partial charge in [-0.1, -0.05) is 45.2 Å². The molecule has 1 aromatic rings. The van der Waals surface area contributed by atoms with Crippen LogP contribution in [0.4, 0.5) is 11.4 Å². The molecule has 0 radical (unpaired) electrons. The monoisotopic (exact) mass is 284 g/mol. The second kappa shape index (κ2) is 5.66. The minimum absolute atomic E-state index is 0.345. The second-order valence-corrected chi connectivity index (χ2v) is 6.92. The van der Waals surface area contributed by atoms with Crippen LogP contribution in [0, 0.1) is 14.4 Å². The van der Waals surface area contributed by atoms with Crippen LogP contribution in [-0.4, -0.2) is 27.2 Å². The topological polar surface area (TPSA) is 6.48 Å². The van der Waals surface area contributed by atoms with Gasteiger partial charge >= 0.3 is 0 Å². The first kappa shape index (κ1) is 15.6. The lowest BCUT2D eigenvalue weighted by molar-refractivity contribution is 0.381. The van der Waals surface area contributed by atoms with Crippen molar-refractivity contribution in [3.8, 4) is 0 Å². The van der Waals surface area contributed by atoms with Gasteiger partial charge in [0, 0.05) is 27.2 Å². The lowest BCUT2D eigenvalue weighted by atomic mass is 9.92. The van der Waals surface area contributed by atoms with Gasteiger partial charge in [0.1, 0.15) is 0 Å². The third kappa shape index (κ3) is 3.29. The maximum atomic E-state index is 5.39. The third-order valence-corrected chi connectivity index (χ3v) is 4.22. The zero-order valence-corrected chi connectivity index (χ0v) is 14.0. The van der Waals surface area contributed by atoms with Gasteiger partial charge in [-0.3, -0.25) is 0 Å². The number of hydrogen-bond donors (Lipinski definition) is 0. The second-order valence-electron chi connectivity index (χ2n) is 6.10. The first-order valence-electron chi connectivity index (χ1n) is 6.44. The summed E-state index contributed by atoms with van der Waals surface area (Å²) in [6, 6.07) is 0. The smallest absolute Gasteiger partial charge is 0.0834 e. The van der Waals surface area contributed by atoms with Crippen LogP contribution in [0.3, 0.4) is 0 Å². The summed E-state index contributed by atoms with van der Waals surface area (Å²) in [5.74, 6) is 0. The molecule has 0 heterocycles. The van der Waals surface area contributed by atoms with Gasteiger partial charge < -0.3 is 9.80 Å². The maximum Gasteiger partial charge on any atom is 0.0834 e. The Morgan fingerprint density at radius 2 is 1.39 bits per heavy atom. The number of rotatable bonds is 5. The van der Waals surface area contributed by atoms with Crippen molar-refractivity contribution in [2.75, 3.05) is 37.0 Å². The van der Waals surface area contributed by atoms with Crippen molar-refractivity contribution in [2.45, 2.75) is 34.1 Å². The Kier molecular flexibility index (Phi) is 4.90. The van der Waals surface area contributed by atoms with Gasteiger partial charge in [0.2, 0.25) is 0 Å². The molecule has 0 aliphatic heterocycles. The molecule has 1 aromatic carbocycles. The van der Waals surface area contributed by atoms with E-state index in [-0.39, 0.29) is 0 Å². The van der Waals surface area contributed by atoms with E-state index in [1.807, 2.05) is 0 Å². The van der Waals surface area contributed by atoms with E-state index < -0.39 is 0 Å². The summed E-state index contributed by atoms with van der Waals surface area (Å²) < 4.78 is 1.71. The fourth-order valence-electron chi connectivity index (χ4n) is 1.85. The highest BCUT2D eigenvalue weighted by Crippen LogP contribution is 2.38. The van der Waals surface area contributed by atoms with E-state index in [2.05, 4.69) is 51.6 Å². The lowest BCUT2D eigenvalue weighted by Gasteiger charge is -2.32. The van der Waals surface area contributed by atoms with Crippen LogP contribution < -0.4 is 9.80 Å². The van der Waals surface area contributed by atoms with Crippen molar-refractivity contribution in [3.05, 3.63) is 9.02 Å². The number of nitrogens with zero attached hydrogens (tertiary/aromatic N) is 2. The van der Waals surface area contributed by atoms with E-state index in [0.717, 1.165) is 39.9 Å². The van der Waals surface area contributed by atoms with Gasteiger partial charge in [-0.2, -0.15) is 0 Å². The summed E-state index contributed by atoms with van der Waals surface area (Å²) in [4.78, 5) is 4.44. The molecule has 1 rings (SSSR count). The minimum Gasteiger partial charge on any atom is -0.372 e. The first-order chi connectivity index (χ1) is 8.19. The van der Waals surface area contributed by atoms with Gasteiger partial charge in [-0.25, -0.2) is 0 Å². The van der Waals surface area contributed by atoms with Crippen LogP contribution in [0.2, 0.25) is 0 Å². The van der Waals surface area contributed by atoms with Crippen molar-refractivity contribution in [3.63, 3.8) is 0 Å². The zero-order valence-electron chi connectivity index (χ0n) is 12.3. The number of hydrogen-bond acceptors (Lipinski definition) is 4. The lowest BCUT2D eigenvalue weighted by Crippen LogP contribution is -2.28. The van der Waals surface area contributed by atoms with Gasteiger partial charge in [-0.05, 0) is 18.8 Å². The molecule has 0 saturated carbocycles. The van der Waals surface area contributed by atoms with Crippen LogP contribution >= 0.6 is 24.4 Å². The molecule has 4 heteroatoms. The largest absolute Gasteiger partial charge is 0.372 e. The van der Waals surface area contributed by atoms with Gasteiger partial charge in [0.15, 0.2) is 0 Å². The average molecular weight is 284 g/mol. The van der Waals surface area contributed by atoms with Crippen molar-refractivity contribution in [1.82, 2.24) is 0 Å². The molecule has 0 atom stereocenters. The molecule has 0 aromatic heterocycles. The summed E-state index contributed by atoms with van der Waals surface area (Å²) in [7, 11) is 4.18. The minimum atomic E-state index is 0.345. The standard InChI is InChI=1S/C14H24N2S2/c1-7-15(5)10-11(13(18)12(10)17)16(6)9-8-14(2,3)4/h7-9H2,1-6H3. The van der Waals surface area contributed by atoms with Crippen molar-refractivity contribution in [1.29, 1.82) is 0 Å². The maximum absolute atomic E-state index is 5.39. The molecule has 0 aliphatic rings. The van der Waals surface area contributed by atoms with E-state index in [1.54, 1.807) is 0 Å². The van der Waals surface area contributed by atoms with Crippen molar-refractivity contribution >= 4 is 35.8 Å². The molecule has 0 saturated heterocycles. The molecular formula is C14H24N2S2. The predicted octanol–water partition coefficient (Wildman–Crippen LogP) is 4.35. The number of anilines is 2. The summed E-state index contributed by atoms with van der Waals surface area (Å²) in [5, 5.41) is 0. The van der Waals surface area contributed by atoms with Gasteiger partial charge in [0.25, 0.3) is 0 Å². The van der Waals surface area contributed by atoms with E-state index in [4.69, 9.17) is 24.4 Å². The Bertz CT molecular complexity index is 479. The molecule has 0 N–H and O–H groups in total. The summed E-state index contributed by atoms with van der Waals surface area (Å²) in [5.41, 5.74) is 2.65. The van der Waals surface area contributed by atoms with Crippen LogP contribution in [0.25, 0.3) is 0 Å². The van der Waals surface area contributed by atoms with Crippen LogP contribution in [-0.2, 0) is 0 Å². The van der Waals surface area contributed by atoms with Gasteiger partial charge in [-0.15, -0.1) is 0 Å². The average Bonchev–Trinajstić information content (AvgIpc) is 2.29. The quantitative estimate of drug-likeness (QED) is 0.741. The highest BCUT2D eigenvalue weighted by molar-refractivity contribution is 7.74. The Balaban J connectivity index is 2.87. The molecule has 0 fully saturated rings. The van der Waals surface area contributed by atoms with Crippen LogP contribution in [0.5, 0.6) is 0 Å². The Morgan fingerprint density at radius 3 is 1.78 bits per heavy atom. The normalized spacial score (nSPS) is 11.9. The summed E-state index contributed by atoms with van der Waals surface area (Å²) >= 11 is 10.7. The molecule has 0 bridgehead atoms. The molecule has 0 aliphatic carbocycles. The molecule has 2 nitrogen and oxygen atoms in total. The highest BCUT2D eigenvalue weighted by atomic mass is 32.1. The molecular weight excluding hydrogens is 260 g/mol.